The molecule has 0 atom stereocenters. The quantitative estimate of drug-likeness (QED) is 0.869. The number of aromatic nitrogens is 2. The second-order valence-electron chi connectivity index (χ2n) is 5.44. The van der Waals surface area contributed by atoms with E-state index in [1.165, 1.54) is 12.1 Å². The Kier molecular flexibility index (Phi) is 3.14. The van der Waals surface area contributed by atoms with Crippen LogP contribution in [-0.2, 0) is 15.4 Å². The van der Waals surface area contributed by atoms with Crippen LogP contribution in [0.1, 0.15) is 24.2 Å². The first-order chi connectivity index (χ1) is 10.2. The lowest BCUT2D eigenvalue weighted by molar-refractivity contribution is -0.162. The third-order valence-corrected chi connectivity index (χ3v) is 5.59. The van der Waals surface area contributed by atoms with Crippen molar-refractivity contribution in [3.05, 3.63) is 48.0 Å². The smallest absolute Gasteiger partial charge is 0.240 e. The van der Waals surface area contributed by atoms with Crippen molar-refractivity contribution >= 4 is 10.0 Å². The molecule has 1 heterocycles. The molecular weight excluding hydrogens is 317 g/mol. The topological polar surface area (TPSA) is 52.0 Å². The first-order valence-electron chi connectivity index (χ1n) is 6.61. The Morgan fingerprint density at radius 3 is 2.27 bits per heavy atom. The average molecular weight is 330 g/mol. The van der Waals surface area contributed by atoms with Crippen molar-refractivity contribution in [1.29, 1.82) is 0 Å². The van der Waals surface area contributed by atoms with Gasteiger partial charge in [-0.15, -0.1) is 0 Å². The Morgan fingerprint density at radius 1 is 1.18 bits per heavy atom. The molecule has 4 nitrogen and oxygen atoms in total. The summed E-state index contributed by atoms with van der Waals surface area (Å²) in [4.78, 5) is 3.63. The molecule has 0 aliphatic heterocycles. The van der Waals surface area contributed by atoms with Gasteiger partial charge in [0.05, 0.1) is 4.90 Å². The van der Waals surface area contributed by atoms with Crippen LogP contribution in [0, 0.1) is 6.92 Å². The molecule has 0 N–H and O–H groups in total. The fourth-order valence-electron chi connectivity index (χ4n) is 2.40. The lowest BCUT2D eigenvalue weighted by Gasteiger charge is -2.20. The van der Waals surface area contributed by atoms with Crippen LogP contribution in [-0.4, -0.2) is 23.6 Å². The molecular formula is C14H13F3N2O2S. The molecule has 8 heteroatoms. The first kappa shape index (κ1) is 15.1. The minimum atomic E-state index is -4.51. The Bertz CT molecular complexity index is 803. The van der Waals surface area contributed by atoms with E-state index in [2.05, 4.69) is 4.98 Å². The second-order valence-corrected chi connectivity index (χ2v) is 7.26. The summed E-state index contributed by atoms with van der Waals surface area (Å²) in [5.41, 5.74) is -1.28. The predicted octanol–water partition coefficient (Wildman–Crippen LogP) is 3.02. The number of imidazole rings is 1. The average Bonchev–Trinajstić information content (AvgIpc) is 3.10. The normalized spacial score (nSPS) is 17.5. The van der Waals surface area contributed by atoms with Gasteiger partial charge < -0.3 is 0 Å². The molecule has 0 radical (unpaired) electrons. The van der Waals surface area contributed by atoms with Gasteiger partial charge in [0.1, 0.15) is 11.2 Å². The predicted molar refractivity (Wildman–Crippen MR) is 73.0 cm³/mol. The molecule has 0 saturated heterocycles. The van der Waals surface area contributed by atoms with Gasteiger partial charge >= 0.3 is 6.18 Å². The molecule has 1 aromatic heterocycles. The van der Waals surface area contributed by atoms with E-state index in [4.69, 9.17) is 0 Å². The van der Waals surface area contributed by atoms with Crippen LogP contribution in [0.2, 0.25) is 0 Å². The van der Waals surface area contributed by atoms with Gasteiger partial charge in [0, 0.05) is 12.4 Å². The SMILES string of the molecule is Cc1ccc(S(=O)(=O)n2ccnc2C2(C(F)(F)F)CC2)cc1. The number of benzene rings is 1. The largest absolute Gasteiger partial charge is 0.401 e. The number of aryl methyl sites for hydroxylation is 1. The van der Waals surface area contributed by atoms with Crippen LogP contribution >= 0.6 is 0 Å². The molecule has 1 fully saturated rings. The highest BCUT2D eigenvalue weighted by Gasteiger charge is 2.67. The van der Waals surface area contributed by atoms with Crippen molar-refractivity contribution in [2.45, 2.75) is 36.3 Å². The molecule has 1 aliphatic carbocycles. The summed E-state index contributed by atoms with van der Waals surface area (Å²) in [5.74, 6) is -0.458. The standard InChI is InChI=1S/C14H13F3N2O2S/c1-10-2-4-11(5-3-10)22(20,21)19-9-8-18-12(19)13(6-7-13)14(15,16)17/h2-5,8-9H,6-7H2,1H3. The number of halogens is 3. The zero-order valence-electron chi connectivity index (χ0n) is 11.6. The fraction of sp³-hybridized carbons (Fsp3) is 0.357. The van der Waals surface area contributed by atoms with Crippen molar-refractivity contribution in [3.8, 4) is 0 Å². The Hall–Kier alpha value is -1.83. The van der Waals surface area contributed by atoms with Gasteiger partial charge in [0.15, 0.2) is 0 Å². The van der Waals surface area contributed by atoms with E-state index in [0.717, 1.165) is 18.0 Å². The van der Waals surface area contributed by atoms with E-state index in [1.807, 2.05) is 0 Å². The third-order valence-electron chi connectivity index (χ3n) is 3.91. The summed E-state index contributed by atoms with van der Waals surface area (Å²) >= 11 is 0. The van der Waals surface area contributed by atoms with Gasteiger partial charge in [-0.1, -0.05) is 17.7 Å². The molecule has 1 saturated carbocycles. The van der Waals surface area contributed by atoms with Crippen LogP contribution in [0.4, 0.5) is 13.2 Å². The maximum absolute atomic E-state index is 13.2. The molecule has 0 unspecified atom stereocenters. The Labute approximate surface area is 125 Å². The number of nitrogens with zero attached hydrogens (tertiary/aromatic N) is 2. The number of hydrogen-bond donors (Lipinski definition) is 0. The van der Waals surface area contributed by atoms with Crippen LogP contribution in [0.15, 0.2) is 41.6 Å². The zero-order chi connectivity index (χ0) is 16.2. The highest BCUT2D eigenvalue weighted by atomic mass is 32.2. The third kappa shape index (κ3) is 2.13. The van der Waals surface area contributed by atoms with Crippen LogP contribution in [0.25, 0.3) is 0 Å². The lowest BCUT2D eigenvalue weighted by atomic mass is 10.1. The monoisotopic (exact) mass is 330 g/mol. The van der Waals surface area contributed by atoms with E-state index in [9.17, 15) is 21.6 Å². The second kappa shape index (κ2) is 4.58. The van der Waals surface area contributed by atoms with Crippen LogP contribution in [0.3, 0.4) is 0 Å². The maximum atomic E-state index is 13.2. The number of hydrogen-bond acceptors (Lipinski definition) is 3. The van der Waals surface area contributed by atoms with Crippen LogP contribution < -0.4 is 0 Å². The van der Waals surface area contributed by atoms with E-state index < -0.39 is 27.4 Å². The molecule has 3 rings (SSSR count). The van der Waals surface area contributed by atoms with E-state index in [-0.39, 0.29) is 17.7 Å². The summed E-state index contributed by atoms with van der Waals surface area (Å²) < 4.78 is 65.5. The molecule has 2 aromatic rings. The maximum Gasteiger partial charge on any atom is 0.401 e. The molecule has 0 spiro atoms. The van der Waals surface area contributed by atoms with Crippen LogP contribution in [0.5, 0.6) is 0 Å². The molecule has 118 valence electrons. The Balaban J connectivity index is 2.11. The van der Waals surface area contributed by atoms with Crippen molar-refractivity contribution in [2.24, 2.45) is 0 Å². The minimum Gasteiger partial charge on any atom is -0.240 e. The van der Waals surface area contributed by atoms with Crippen molar-refractivity contribution in [1.82, 2.24) is 8.96 Å². The highest BCUT2D eigenvalue weighted by molar-refractivity contribution is 7.90. The van der Waals surface area contributed by atoms with Gasteiger partial charge in [0.25, 0.3) is 10.0 Å². The van der Waals surface area contributed by atoms with E-state index in [0.29, 0.717) is 3.97 Å². The minimum absolute atomic E-state index is 0.0599. The van der Waals surface area contributed by atoms with E-state index in [1.54, 1.807) is 19.1 Å². The Morgan fingerprint density at radius 2 is 1.77 bits per heavy atom. The summed E-state index contributed by atoms with van der Waals surface area (Å²) in [7, 11) is -4.09. The fourth-order valence-corrected chi connectivity index (χ4v) is 3.77. The number of rotatable bonds is 3. The van der Waals surface area contributed by atoms with Gasteiger partial charge in [-0.3, -0.25) is 0 Å². The summed E-state index contributed by atoms with van der Waals surface area (Å²) in [6, 6.07) is 5.95. The van der Waals surface area contributed by atoms with Crippen molar-refractivity contribution in [3.63, 3.8) is 0 Å². The van der Waals surface area contributed by atoms with Gasteiger partial charge in [-0.05, 0) is 31.9 Å². The summed E-state index contributed by atoms with van der Waals surface area (Å²) in [6.45, 7) is 1.79. The van der Waals surface area contributed by atoms with Crippen molar-refractivity contribution in [2.75, 3.05) is 0 Å². The van der Waals surface area contributed by atoms with Gasteiger partial charge in [-0.2, -0.15) is 13.2 Å². The van der Waals surface area contributed by atoms with Crippen molar-refractivity contribution < 1.29 is 21.6 Å². The molecule has 22 heavy (non-hydrogen) atoms. The number of alkyl halides is 3. The first-order valence-corrected chi connectivity index (χ1v) is 8.05. The zero-order valence-corrected chi connectivity index (χ0v) is 12.4. The molecule has 1 aliphatic rings. The molecule has 0 bridgehead atoms. The highest BCUT2D eigenvalue weighted by Crippen LogP contribution is 2.58. The summed E-state index contributed by atoms with van der Waals surface area (Å²) in [6.07, 6.45) is -2.64. The molecule has 0 amide bonds. The molecule has 1 aromatic carbocycles. The van der Waals surface area contributed by atoms with Gasteiger partial charge in [-0.25, -0.2) is 17.4 Å². The van der Waals surface area contributed by atoms with E-state index >= 15 is 0 Å². The van der Waals surface area contributed by atoms with Gasteiger partial charge in [0.2, 0.25) is 0 Å². The summed E-state index contributed by atoms with van der Waals surface area (Å²) in [5, 5.41) is 0. The lowest BCUT2D eigenvalue weighted by Crippen LogP contribution is -2.33.